The third-order valence-corrected chi connectivity index (χ3v) is 3.69. The van der Waals surface area contributed by atoms with E-state index in [-0.39, 0.29) is 11.6 Å². The molecule has 1 aliphatic carbocycles. The molecule has 94 valence electrons. The van der Waals surface area contributed by atoms with E-state index in [1.807, 2.05) is 0 Å². The predicted octanol–water partition coefficient (Wildman–Crippen LogP) is 2.79. The molecular weight excluding hydrogens is 224 g/mol. The highest BCUT2D eigenvalue weighted by atomic mass is 19.1. The molecule has 17 heavy (non-hydrogen) atoms. The second-order valence-corrected chi connectivity index (χ2v) is 4.51. The van der Waals surface area contributed by atoms with Crippen molar-refractivity contribution in [1.82, 2.24) is 5.32 Å². The number of benzene rings is 1. The van der Waals surface area contributed by atoms with Crippen molar-refractivity contribution in [2.75, 3.05) is 14.2 Å². The molecule has 1 aliphatic rings. The van der Waals surface area contributed by atoms with Gasteiger partial charge in [-0.15, -0.1) is 0 Å². The zero-order chi connectivity index (χ0) is 12.5. The maximum Gasteiger partial charge on any atom is 0.131 e. The Labute approximate surface area is 100.0 Å². The summed E-state index contributed by atoms with van der Waals surface area (Å²) in [5.41, 5.74) is 0.114. The van der Waals surface area contributed by atoms with E-state index in [0.717, 1.165) is 25.3 Å². The van der Waals surface area contributed by atoms with E-state index < -0.39 is 11.6 Å². The quantitative estimate of drug-likeness (QED) is 0.875. The van der Waals surface area contributed by atoms with Gasteiger partial charge in [0.25, 0.3) is 0 Å². The van der Waals surface area contributed by atoms with Gasteiger partial charge < -0.3 is 10.1 Å². The van der Waals surface area contributed by atoms with Gasteiger partial charge in [-0.2, -0.15) is 0 Å². The van der Waals surface area contributed by atoms with E-state index in [9.17, 15) is 8.78 Å². The number of hydrogen-bond acceptors (Lipinski definition) is 2. The van der Waals surface area contributed by atoms with Gasteiger partial charge in [-0.3, -0.25) is 0 Å². The molecule has 1 aromatic carbocycles. The van der Waals surface area contributed by atoms with Crippen LogP contribution in [0.3, 0.4) is 0 Å². The molecule has 0 radical (unpaired) electrons. The zero-order valence-electron chi connectivity index (χ0n) is 10.1. The van der Waals surface area contributed by atoms with Gasteiger partial charge in [-0.1, -0.05) is 6.07 Å². The second-order valence-electron chi connectivity index (χ2n) is 4.51. The lowest BCUT2D eigenvalue weighted by atomic mass is 9.72. The molecule has 1 aromatic rings. The summed E-state index contributed by atoms with van der Waals surface area (Å²) in [7, 11) is 3.41. The van der Waals surface area contributed by atoms with Gasteiger partial charge in [-0.05, 0) is 32.4 Å². The van der Waals surface area contributed by atoms with Gasteiger partial charge in [0.2, 0.25) is 0 Å². The monoisotopic (exact) mass is 241 g/mol. The first-order valence-electron chi connectivity index (χ1n) is 5.80. The molecule has 0 aromatic heterocycles. The summed E-state index contributed by atoms with van der Waals surface area (Å²) >= 11 is 0. The largest absolute Gasteiger partial charge is 0.376 e. The molecule has 1 N–H and O–H groups in total. The van der Waals surface area contributed by atoms with Crippen molar-refractivity contribution in [2.24, 2.45) is 0 Å². The maximum absolute atomic E-state index is 13.8. The number of hydrogen-bond donors (Lipinski definition) is 1. The van der Waals surface area contributed by atoms with Crippen LogP contribution in [0.4, 0.5) is 8.78 Å². The Bertz CT molecular complexity index is 399. The van der Waals surface area contributed by atoms with Crippen LogP contribution in [-0.4, -0.2) is 19.8 Å². The molecule has 1 atom stereocenters. The predicted molar refractivity (Wildman–Crippen MR) is 61.7 cm³/mol. The van der Waals surface area contributed by atoms with E-state index in [4.69, 9.17) is 4.74 Å². The van der Waals surface area contributed by atoms with Crippen LogP contribution in [-0.2, 0) is 4.74 Å². The van der Waals surface area contributed by atoms with Gasteiger partial charge in [0, 0.05) is 18.7 Å². The van der Waals surface area contributed by atoms with Crippen LogP contribution in [0, 0.1) is 11.6 Å². The maximum atomic E-state index is 13.8. The minimum Gasteiger partial charge on any atom is -0.376 e. The molecule has 0 aliphatic heterocycles. The smallest absolute Gasteiger partial charge is 0.131 e. The van der Waals surface area contributed by atoms with Crippen LogP contribution in [0.2, 0.25) is 0 Å². The summed E-state index contributed by atoms with van der Waals surface area (Å²) < 4.78 is 32.2. The Morgan fingerprint density at radius 3 is 2.47 bits per heavy atom. The molecule has 1 fully saturated rings. The highest BCUT2D eigenvalue weighted by Gasteiger charge is 2.45. The summed E-state index contributed by atoms with van der Waals surface area (Å²) in [5, 5.41) is 3.08. The number of ether oxygens (including phenoxy) is 1. The minimum absolute atomic E-state index is 0.234. The Hall–Kier alpha value is -1.00. The fraction of sp³-hybridized carbons (Fsp3) is 0.538. The second kappa shape index (κ2) is 4.70. The highest BCUT2D eigenvalue weighted by Crippen LogP contribution is 2.45. The van der Waals surface area contributed by atoms with Crippen LogP contribution in [0.25, 0.3) is 0 Å². The molecule has 0 amide bonds. The van der Waals surface area contributed by atoms with E-state index in [1.54, 1.807) is 14.2 Å². The van der Waals surface area contributed by atoms with Crippen LogP contribution >= 0.6 is 0 Å². The van der Waals surface area contributed by atoms with Crippen molar-refractivity contribution in [3.05, 3.63) is 35.4 Å². The molecule has 0 heterocycles. The Balaban J connectivity index is 2.35. The lowest BCUT2D eigenvalue weighted by molar-refractivity contribution is -0.0989. The van der Waals surface area contributed by atoms with Gasteiger partial charge >= 0.3 is 0 Å². The average Bonchev–Trinajstić information content (AvgIpc) is 2.24. The lowest BCUT2D eigenvalue weighted by Crippen LogP contribution is -2.50. The van der Waals surface area contributed by atoms with Crippen molar-refractivity contribution in [3.8, 4) is 0 Å². The standard InChI is InChI=1S/C13H17F2NO/c1-16-12(13(17-2)6-3-7-13)10-5-4-9(14)8-11(10)15/h4-5,8,12,16H,3,6-7H2,1-2H3. The van der Waals surface area contributed by atoms with Crippen LogP contribution < -0.4 is 5.32 Å². The first-order valence-corrected chi connectivity index (χ1v) is 5.80. The number of halogens is 2. The third-order valence-electron chi connectivity index (χ3n) is 3.69. The average molecular weight is 241 g/mol. The van der Waals surface area contributed by atoms with Gasteiger partial charge in [0.05, 0.1) is 11.6 Å². The van der Waals surface area contributed by atoms with Gasteiger partial charge in [0.1, 0.15) is 11.6 Å². The highest BCUT2D eigenvalue weighted by molar-refractivity contribution is 5.26. The van der Waals surface area contributed by atoms with Crippen molar-refractivity contribution in [1.29, 1.82) is 0 Å². The third kappa shape index (κ3) is 2.07. The first kappa shape index (κ1) is 12.5. The van der Waals surface area contributed by atoms with E-state index in [2.05, 4.69) is 5.32 Å². The first-order chi connectivity index (χ1) is 8.13. The van der Waals surface area contributed by atoms with E-state index in [0.29, 0.717) is 5.56 Å². The molecule has 0 spiro atoms. The van der Waals surface area contributed by atoms with E-state index >= 15 is 0 Å². The molecule has 2 nitrogen and oxygen atoms in total. The summed E-state index contributed by atoms with van der Waals surface area (Å²) in [6, 6.07) is 3.46. The SMILES string of the molecule is CNC(c1ccc(F)cc1F)C1(OC)CCC1. The Morgan fingerprint density at radius 2 is 2.06 bits per heavy atom. The number of likely N-dealkylation sites (N-methyl/N-ethyl adjacent to an activating group) is 1. The number of methoxy groups -OCH3 is 1. The van der Waals surface area contributed by atoms with Gasteiger partial charge in [0.15, 0.2) is 0 Å². The molecular formula is C13H17F2NO. The Morgan fingerprint density at radius 1 is 1.35 bits per heavy atom. The molecule has 0 bridgehead atoms. The fourth-order valence-corrected chi connectivity index (χ4v) is 2.57. The summed E-state index contributed by atoms with van der Waals surface area (Å²) in [6.45, 7) is 0. The zero-order valence-corrected chi connectivity index (χ0v) is 10.1. The minimum atomic E-state index is -0.554. The van der Waals surface area contributed by atoms with Gasteiger partial charge in [-0.25, -0.2) is 8.78 Å². The molecule has 2 rings (SSSR count). The normalized spacial score (nSPS) is 19.8. The summed E-state index contributed by atoms with van der Waals surface area (Å²) in [4.78, 5) is 0. The summed E-state index contributed by atoms with van der Waals surface area (Å²) in [5.74, 6) is -1.08. The summed E-state index contributed by atoms with van der Waals surface area (Å²) in [6.07, 6.45) is 2.87. The van der Waals surface area contributed by atoms with E-state index in [1.165, 1.54) is 12.1 Å². The lowest BCUT2D eigenvalue weighted by Gasteiger charge is -2.46. The van der Waals surface area contributed by atoms with Crippen LogP contribution in [0.1, 0.15) is 30.9 Å². The molecule has 1 unspecified atom stereocenters. The molecule has 1 saturated carbocycles. The van der Waals surface area contributed by atoms with Crippen molar-refractivity contribution in [3.63, 3.8) is 0 Å². The van der Waals surface area contributed by atoms with Crippen LogP contribution in [0.15, 0.2) is 18.2 Å². The topological polar surface area (TPSA) is 21.3 Å². The fourth-order valence-electron chi connectivity index (χ4n) is 2.57. The molecule has 0 saturated heterocycles. The van der Waals surface area contributed by atoms with Crippen molar-refractivity contribution < 1.29 is 13.5 Å². The number of nitrogens with one attached hydrogen (secondary N) is 1. The van der Waals surface area contributed by atoms with Crippen molar-refractivity contribution >= 4 is 0 Å². The molecule has 4 heteroatoms. The van der Waals surface area contributed by atoms with Crippen molar-refractivity contribution in [2.45, 2.75) is 30.9 Å². The number of rotatable bonds is 4. The van der Waals surface area contributed by atoms with Crippen LogP contribution in [0.5, 0.6) is 0 Å². The Kier molecular flexibility index (Phi) is 3.45.